The van der Waals surface area contributed by atoms with E-state index in [0.29, 0.717) is 19.3 Å². The van der Waals surface area contributed by atoms with Crippen LogP contribution in [0.3, 0.4) is 0 Å². The lowest BCUT2D eigenvalue weighted by atomic mass is 10.1. The lowest BCUT2D eigenvalue weighted by Crippen LogP contribution is -2.30. The van der Waals surface area contributed by atoms with Crippen molar-refractivity contribution in [3.8, 4) is 0 Å². The molecule has 0 fully saturated rings. The normalized spacial score (nSPS) is 12.7. The second-order valence-electron chi connectivity index (χ2n) is 14.5. The Morgan fingerprint density at radius 3 is 1.22 bits per heavy atom. The zero-order valence-electron chi connectivity index (χ0n) is 35.7. The van der Waals surface area contributed by atoms with Gasteiger partial charge >= 0.3 is 17.9 Å². The van der Waals surface area contributed by atoms with E-state index in [-0.39, 0.29) is 37.5 Å². The maximum Gasteiger partial charge on any atom is 0.306 e. The Kier molecular flexibility index (Phi) is 41.1. The molecule has 0 radical (unpaired) electrons. The van der Waals surface area contributed by atoms with E-state index in [4.69, 9.17) is 14.2 Å². The minimum atomic E-state index is -0.813. The van der Waals surface area contributed by atoms with Crippen molar-refractivity contribution in [2.24, 2.45) is 0 Å². The van der Waals surface area contributed by atoms with Gasteiger partial charge in [0.2, 0.25) is 0 Å². The van der Waals surface area contributed by atoms with Gasteiger partial charge in [-0.15, -0.1) is 0 Å². The molecule has 1 atom stereocenters. The molecule has 0 aromatic rings. The molecule has 1 unspecified atom stereocenters. The number of hydrogen-bond donors (Lipinski definition) is 0. The van der Waals surface area contributed by atoms with Crippen molar-refractivity contribution >= 4 is 17.9 Å². The minimum absolute atomic E-state index is 0.109. The third-order valence-corrected chi connectivity index (χ3v) is 9.18. The average molecular weight is 767 g/mol. The Balaban J connectivity index is 4.40. The Hall–Kier alpha value is -3.15. The van der Waals surface area contributed by atoms with Crippen LogP contribution in [-0.2, 0) is 28.6 Å². The van der Waals surface area contributed by atoms with Crippen molar-refractivity contribution in [2.45, 2.75) is 207 Å². The van der Waals surface area contributed by atoms with E-state index in [1.54, 1.807) is 0 Å². The van der Waals surface area contributed by atoms with Crippen LogP contribution in [0.4, 0.5) is 0 Å². The standard InChI is InChI=1S/C49H82O6/c1-4-7-10-13-16-19-21-22-23-24-25-26-28-30-33-36-39-42-48(51)54-45-46(44-53-47(50)41-38-35-32-29-18-15-12-9-6-3)55-49(52)43-40-37-34-31-27-20-17-14-11-8-5-2/h8-9,11-12,17-18,20,22-23,29,31,34,46H,4-7,10,13-16,19,21,24-28,30,32-33,35-45H2,1-3H3/b11-8-,12-9-,20-17-,23-22-,29-18-,34-31-. The monoisotopic (exact) mass is 767 g/mol. The quantitative estimate of drug-likeness (QED) is 0.0268. The summed E-state index contributed by atoms with van der Waals surface area (Å²) in [6, 6.07) is 0. The topological polar surface area (TPSA) is 78.9 Å². The number of allylic oxidation sites excluding steroid dienone is 12. The molecule has 0 bridgehead atoms. The first-order valence-electron chi connectivity index (χ1n) is 22.4. The van der Waals surface area contributed by atoms with Crippen molar-refractivity contribution in [2.75, 3.05) is 13.2 Å². The Morgan fingerprint density at radius 1 is 0.382 bits per heavy atom. The molecule has 0 aromatic carbocycles. The number of esters is 3. The first-order chi connectivity index (χ1) is 27.0. The van der Waals surface area contributed by atoms with E-state index < -0.39 is 6.10 Å². The molecule has 0 spiro atoms. The number of ether oxygens (including phenoxy) is 3. The lowest BCUT2D eigenvalue weighted by molar-refractivity contribution is -0.167. The van der Waals surface area contributed by atoms with Crippen molar-refractivity contribution in [1.29, 1.82) is 0 Å². The molecule has 0 heterocycles. The molecule has 0 aliphatic rings. The maximum atomic E-state index is 12.6. The van der Waals surface area contributed by atoms with Gasteiger partial charge < -0.3 is 14.2 Å². The highest BCUT2D eigenvalue weighted by atomic mass is 16.6. The van der Waals surface area contributed by atoms with E-state index >= 15 is 0 Å². The van der Waals surface area contributed by atoms with Gasteiger partial charge in [-0.3, -0.25) is 14.4 Å². The molecule has 0 aromatic heterocycles. The largest absolute Gasteiger partial charge is 0.462 e. The van der Waals surface area contributed by atoms with Crippen LogP contribution in [0.2, 0.25) is 0 Å². The van der Waals surface area contributed by atoms with Gasteiger partial charge in [0.05, 0.1) is 0 Å². The van der Waals surface area contributed by atoms with Gasteiger partial charge in [-0.25, -0.2) is 0 Å². The van der Waals surface area contributed by atoms with Gasteiger partial charge in [0.25, 0.3) is 0 Å². The molecule has 0 aliphatic heterocycles. The number of hydrogen-bond acceptors (Lipinski definition) is 6. The Morgan fingerprint density at radius 2 is 0.727 bits per heavy atom. The summed E-state index contributed by atoms with van der Waals surface area (Å²) in [5, 5.41) is 0. The summed E-state index contributed by atoms with van der Waals surface area (Å²) >= 11 is 0. The second-order valence-corrected chi connectivity index (χ2v) is 14.5. The molecule has 6 heteroatoms. The molecule has 0 rings (SSSR count). The summed E-state index contributed by atoms with van der Waals surface area (Å²) in [7, 11) is 0. The second kappa shape index (κ2) is 43.6. The molecule has 0 aliphatic carbocycles. The summed E-state index contributed by atoms with van der Waals surface area (Å²) < 4.78 is 16.6. The molecule has 0 amide bonds. The van der Waals surface area contributed by atoms with Crippen LogP contribution in [-0.4, -0.2) is 37.2 Å². The van der Waals surface area contributed by atoms with Crippen LogP contribution in [0, 0.1) is 0 Å². The minimum Gasteiger partial charge on any atom is -0.462 e. The SMILES string of the molecule is CC/C=C\C/C=C\C/C=C\CCCC(=O)OC(COC(=O)CCCC/C=C\C/C=C\CC)COC(=O)CCCCCCCCC/C=C\CCCCCCCC. The van der Waals surface area contributed by atoms with Gasteiger partial charge in [0, 0.05) is 19.3 Å². The molecule has 0 N–H and O–H groups in total. The highest BCUT2D eigenvalue weighted by molar-refractivity contribution is 5.71. The molecule has 0 saturated heterocycles. The van der Waals surface area contributed by atoms with Gasteiger partial charge in [-0.05, 0) is 96.3 Å². The highest BCUT2D eigenvalue weighted by Gasteiger charge is 2.19. The van der Waals surface area contributed by atoms with Crippen LogP contribution in [0.25, 0.3) is 0 Å². The van der Waals surface area contributed by atoms with E-state index in [1.807, 2.05) is 0 Å². The Labute approximate surface area is 338 Å². The summed E-state index contributed by atoms with van der Waals surface area (Å²) in [4.78, 5) is 37.6. The smallest absolute Gasteiger partial charge is 0.306 e. The molecular weight excluding hydrogens is 685 g/mol. The first kappa shape index (κ1) is 51.9. The van der Waals surface area contributed by atoms with Crippen LogP contribution in [0.15, 0.2) is 72.9 Å². The van der Waals surface area contributed by atoms with Crippen LogP contribution in [0.1, 0.15) is 201 Å². The van der Waals surface area contributed by atoms with Crippen molar-refractivity contribution in [1.82, 2.24) is 0 Å². The fraction of sp³-hybridized carbons (Fsp3) is 0.694. The molecule has 6 nitrogen and oxygen atoms in total. The molecule has 314 valence electrons. The lowest BCUT2D eigenvalue weighted by Gasteiger charge is -2.18. The summed E-state index contributed by atoms with van der Waals surface area (Å²) in [6.07, 6.45) is 53.4. The van der Waals surface area contributed by atoms with Crippen LogP contribution >= 0.6 is 0 Å². The van der Waals surface area contributed by atoms with Gasteiger partial charge in [0.1, 0.15) is 13.2 Å². The number of unbranched alkanes of at least 4 members (excludes halogenated alkanes) is 16. The molecule has 0 saturated carbocycles. The van der Waals surface area contributed by atoms with E-state index in [9.17, 15) is 14.4 Å². The predicted octanol–water partition coefficient (Wildman–Crippen LogP) is 14.3. The van der Waals surface area contributed by atoms with Gasteiger partial charge in [-0.1, -0.05) is 158 Å². The molecule has 55 heavy (non-hydrogen) atoms. The zero-order valence-corrected chi connectivity index (χ0v) is 35.7. The van der Waals surface area contributed by atoms with Crippen LogP contribution in [0.5, 0.6) is 0 Å². The van der Waals surface area contributed by atoms with Crippen LogP contribution < -0.4 is 0 Å². The third-order valence-electron chi connectivity index (χ3n) is 9.18. The van der Waals surface area contributed by atoms with E-state index in [0.717, 1.165) is 77.0 Å². The van der Waals surface area contributed by atoms with Crippen molar-refractivity contribution in [3.63, 3.8) is 0 Å². The Bertz CT molecular complexity index is 1070. The fourth-order valence-electron chi connectivity index (χ4n) is 5.85. The average Bonchev–Trinajstić information content (AvgIpc) is 3.18. The maximum absolute atomic E-state index is 12.6. The number of carbonyl (C=O) groups excluding carboxylic acids is 3. The fourth-order valence-corrected chi connectivity index (χ4v) is 5.85. The van der Waals surface area contributed by atoms with Gasteiger partial charge in [0.15, 0.2) is 6.10 Å². The number of rotatable bonds is 39. The van der Waals surface area contributed by atoms with E-state index in [2.05, 4.69) is 93.7 Å². The number of carbonyl (C=O) groups is 3. The van der Waals surface area contributed by atoms with E-state index in [1.165, 1.54) is 77.0 Å². The highest BCUT2D eigenvalue weighted by Crippen LogP contribution is 2.13. The zero-order chi connectivity index (χ0) is 40.1. The van der Waals surface area contributed by atoms with Crippen molar-refractivity contribution < 1.29 is 28.6 Å². The predicted molar refractivity (Wildman–Crippen MR) is 233 cm³/mol. The van der Waals surface area contributed by atoms with Crippen molar-refractivity contribution in [3.05, 3.63) is 72.9 Å². The first-order valence-corrected chi connectivity index (χ1v) is 22.4. The molecular formula is C49H82O6. The summed E-state index contributed by atoms with van der Waals surface area (Å²) in [5.74, 6) is -1.01. The summed E-state index contributed by atoms with van der Waals surface area (Å²) in [6.45, 7) is 6.29. The summed E-state index contributed by atoms with van der Waals surface area (Å²) in [5.41, 5.74) is 0. The third kappa shape index (κ3) is 41.8. The van der Waals surface area contributed by atoms with Gasteiger partial charge in [-0.2, -0.15) is 0 Å².